The van der Waals surface area contributed by atoms with Crippen molar-refractivity contribution in [3.05, 3.63) is 65.2 Å². The van der Waals surface area contributed by atoms with E-state index in [-0.39, 0.29) is 5.78 Å². The first-order valence-electron chi connectivity index (χ1n) is 5.92. The van der Waals surface area contributed by atoms with E-state index in [0.717, 1.165) is 23.3 Å². The van der Waals surface area contributed by atoms with E-state index in [1.807, 2.05) is 30.3 Å². The molecular formula is C16H16O2. The number of ether oxygens (including phenoxy) is 1. The molecule has 0 amide bonds. The Balaban J connectivity index is 2.35. The summed E-state index contributed by atoms with van der Waals surface area (Å²) in [5, 5.41) is 0. The number of ketones is 1. The monoisotopic (exact) mass is 240 g/mol. The van der Waals surface area contributed by atoms with Crippen LogP contribution < -0.4 is 4.74 Å². The number of hydrogen-bond donors (Lipinski definition) is 0. The summed E-state index contributed by atoms with van der Waals surface area (Å²) in [6.45, 7) is 1.58. The number of rotatable bonds is 4. The maximum absolute atomic E-state index is 11.4. The van der Waals surface area contributed by atoms with E-state index in [4.69, 9.17) is 4.74 Å². The van der Waals surface area contributed by atoms with Crippen molar-refractivity contribution in [2.24, 2.45) is 0 Å². The summed E-state index contributed by atoms with van der Waals surface area (Å²) in [7, 11) is 1.65. The molecule has 0 N–H and O–H groups in total. The minimum Gasteiger partial charge on any atom is -0.496 e. The molecule has 2 nitrogen and oxygen atoms in total. The fraction of sp³-hybridized carbons (Fsp3) is 0.188. The highest BCUT2D eigenvalue weighted by Gasteiger charge is 2.07. The third-order valence-electron chi connectivity index (χ3n) is 2.92. The van der Waals surface area contributed by atoms with Gasteiger partial charge in [-0.3, -0.25) is 4.79 Å². The van der Waals surface area contributed by atoms with Gasteiger partial charge in [0.15, 0.2) is 5.78 Å². The van der Waals surface area contributed by atoms with Crippen molar-refractivity contribution in [3.8, 4) is 5.75 Å². The summed E-state index contributed by atoms with van der Waals surface area (Å²) in [5.74, 6) is 0.899. The maximum Gasteiger partial charge on any atom is 0.159 e. The predicted octanol–water partition coefficient (Wildman–Crippen LogP) is 3.49. The Labute approximate surface area is 107 Å². The molecule has 92 valence electrons. The van der Waals surface area contributed by atoms with E-state index >= 15 is 0 Å². The SMILES string of the molecule is COc1ccc(C(C)=O)cc1Cc1ccccc1. The van der Waals surface area contributed by atoms with Crippen LogP contribution >= 0.6 is 0 Å². The smallest absolute Gasteiger partial charge is 0.159 e. The van der Waals surface area contributed by atoms with Gasteiger partial charge in [-0.15, -0.1) is 0 Å². The Morgan fingerprint density at radius 2 is 1.83 bits per heavy atom. The molecule has 0 radical (unpaired) electrons. The quantitative estimate of drug-likeness (QED) is 0.765. The molecule has 0 saturated carbocycles. The Morgan fingerprint density at radius 3 is 2.44 bits per heavy atom. The van der Waals surface area contributed by atoms with Crippen LogP contribution in [0, 0.1) is 0 Å². The van der Waals surface area contributed by atoms with Gasteiger partial charge >= 0.3 is 0 Å². The van der Waals surface area contributed by atoms with E-state index in [1.165, 1.54) is 5.56 Å². The fourth-order valence-corrected chi connectivity index (χ4v) is 1.95. The zero-order chi connectivity index (χ0) is 13.0. The lowest BCUT2D eigenvalue weighted by atomic mass is 10.0. The summed E-state index contributed by atoms with van der Waals surface area (Å²) < 4.78 is 5.34. The Kier molecular flexibility index (Phi) is 3.78. The number of benzene rings is 2. The van der Waals surface area contributed by atoms with Crippen LogP contribution in [0.25, 0.3) is 0 Å². The summed E-state index contributed by atoms with van der Waals surface area (Å²) >= 11 is 0. The second-order valence-electron chi connectivity index (χ2n) is 4.25. The minimum absolute atomic E-state index is 0.0759. The van der Waals surface area contributed by atoms with Crippen LogP contribution in [0.4, 0.5) is 0 Å². The van der Waals surface area contributed by atoms with Crippen molar-refractivity contribution in [3.63, 3.8) is 0 Å². The van der Waals surface area contributed by atoms with Gasteiger partial charge in [0.2, 0.25) is 0 Å². The maximum atomic E-state index is 11.4. The van der Waals surface area contributed by atoms with Crippen LogP contribution in [0.3, 0.4) is 0 Å². The molecule has 2 aromatic carbocycles. The van der Waals surface area contributed by atoms with Gasteiger partial charge in [0.1, 0.15) is 5.75 Å². The normalized spacial score (nSPS) is 10.1. The Hall–Kier alpha value is -2.09. The third kappa shape index (κ3) is 2.77. The van der Waals surface area contributed by atoms with Crippen molar-refractivity contribution in [2.75, 3.05) is 7.11 Å². The molecule has 0 aliphatic carbocycles. The Morgan fingerprint density at radius 1 is 1.11 bits per heavy atom. The van der Waals surface area contributed by atoms with Crippen molar-refractivity contribution in [1.82, 2.24) is 0 Å². The molecule has 0 spiro atoms. The van der Waals surface area contributed by atoms with E-state index < -0.39 is 0 Å². The van der Waals surface area contributed by atoms with Crippen LogP contribution in [-0.2, 0) is 6.42 Å². The van der Waals surface area contributed by atoms with Crippen molar-refractivity contribution in [2.45, 2.75) is 13.3 Å². The van der Waals surface area contributed by atoms with E-state index in [9.17, 15) is 4.79 Å². The highest BCUT2D eigenvalue weighted by atomic mass is 16.5. The van der Waals surface area contributed by atoms with E-state index in [1.54, 1.807) is 20.1 Å². The predicted molar refractivity (Wildman–Crippen MR) is 72.2 cm³/mol. The lowest BCUT2D eigenvalue weighted by molar-refractivity contribution is 0.101. The topological polar surface area (TPSA) is 26.3 Å². The van der Waals surface area contributed by atoms with Gasteiger partial charge in [-0.25, -0.2) is 0 Å². The molecule has 2 rings (SSSR count). The summed E-state index contributed by atoms with van der Waals surface area (Å²) in [6, 6.07) is 15.7. The molecular weight excluding hydrogens is 224 g/mol. The molecule has 0 aromatic heterocycles. The molecule has 0 heterocycles. The first-order valence-corrected chi connectivity index (χ1v) is 5.92. The molecule has 0 atom stereocenters. The molecule has 0 bridgehead atoms. The zero-order valence-corrected chi connectivity index (χ0v) is 10.6. The highest BCUT2D eigenvalue weighted by Crippen LogP contribution is 2.23. The number of hydrogen-bond acceptors (Lipinski definition) is 2. The second kappa shape index (κ2) is 5.50. The Bertz CT molecular complexity index is 544. The van der Waals surface area contributed by atoms with Crippen LogP contribution in [0.15, 0.2) is 48.5 Å². The van der Waals surface area contributed by atoms with Crippen molar-refractivity contribution in [1.29, 1.82) is 0 Å². The first kappa shape index (κ1) is 12.4. The van der Waals surface area contributed by atoms with Gasteiger partial charge in [0.25, 0.3) is 0 Å². The van der Waals surface area contributed by atoms with Crippen LogP contribution in [0.5, 0.6) is 5.75 Å². The number of Topliss-reactive ketones (excluding diaryl/α,β-unsaturated/α-hetero) is 1. The molecule has 2 aromatic rings. The number of carbonyl (C=O) groups excluding carboxylic acids is 1. The molecule has 0 aliphatic rings. The zero-order valence-electron chi connectivity index (χ0n) is 10.6. The van der Waals surface area contributed by atoms with Crippen LogP contribution in [-0.4, -0.2) is 12.9 Å². The van der Waals surface area contributed by atoms with Crippen LogP contribution in [0.2, 0.25) is 0 Å². The molecule has 0 fully saturated rings. The van der Waals surface area contributed by atoms with Crippen molar-refractivity contribution >= 4 is 5.78 Å². The number of methoxy groups -OCH3 is 1. The van der Waals surface area contributed by atoms with Crippen molar-refractivity contribution < 1.29 is 9.53 Å². The summed E-state index contributed by atoms with van der Waals surface area (Å²) in [4.78, 5) is 11.4. The average Bonchev–Trinajstić information content (AvgIpc) is 2.39. The second-order valence-corrected chi connectivity index (χ2v) is 4.25. The van der Waals surface area contributed by atoms with Gasteiger partial charge < -0.3 is 4.74 Å². The van der Waals surface area contributed by atoms with Gasteiger partial charge in [-0.05, 0) is 36.2 Å². The first-order chi connectivity index (χ1) is 8.70. The van der Waals surface area contributed by atoms with Gasteiger partial charge in [0, 0.05) is 12.0 Å². The number of carbonyl (C=O) groups is 1. The van der Waals surface area contributed by atoms with E-state index in [0.29, 0.717) is 0 Å². The molecule has 18 heavy (non-hydrogen) atoms. The van der Waals surface area contributed by atoms with Gasteiger partial charge in [-0.1, -0.05) is 30.3 Å². The van der Waals surface area contributed by atoms with E-state index in [2.05, 4.69) is 12.1 Å². The summed E-state index contributed by atoms with van der Waals surface area (Å²) in [6.07, 6.45) is 0.769. The average molecular weight is 240 g/mol. The minimum atomic E-state index is 0.0759. The third-order valence-corrected chi connectivity index (χ3v) is 2.92. The largest absolute Gasteiger partial charge is 0.496 e. The molecule has 0 saturated heterocycles. The van der Waals surface area contributed by atoms with Gasteiger partial charge in [0.05, 0.1) is 7.11 Å². The fourth-order valence-electron chi connectivity index (χ4n) is 1.95. The standard InChI is InChI=1S/C16H16O2/c1-12(17)14-8-9-16(18-2)15(11-14)10-13-6-4-3-5-7-13/h3-9,11H,10H2,1-2H3. The van der Waals surface area contributed by atoms with Gasteiger partial charge in [-0.2, -0.15) is 0 Å². The molecule has 0 unspecified atom stereocenters. The highest BCUT2D eigenvalue weighted by molar-refractivity contribution is 5.94. The van der Waals surface area contributed by atoms with Crippen LogP contribution in [0.1, 0.15) is 28.4 Å². The molecule has 2 heteroatoms. The summed E-state index contributed by atoms with van der Waals surface area (Å²) in [5.41, 5.74) is 2.97. The lowest BCUT2D eigenvalue weighted by Gasteiger charge is -2.10. The molecule has 0 aliphatic heterocycles. The lowest BCUT2D eigenvalue weighted by Crippen LogP contribution is -1.98.